The Morgan fingerprint density at radius 1 is 1.46 bits per heavy atom. The first-order valence-electron chi connectivity index (χ1n) is 6.49. The Morgan fingerprint density at radius 2 is 2.21 bits per heavy atom. The molecule has 0 aliphatic heterocycles. The molecule has 2 heterocycles. The number of furan rings is 1. The normalized spacial score (nSPS) is 12.2. The summed E-state index contributed by atoms with van der Waals surface area (Å²) >= 11 is 2.48. The molecule has 9 nitrogen and oxygen atoms in total. The van der Waals surface area contributed by atoms with Crippen LogP contribution in [0, 0.1) is 0 Å². The number of guanidine groups is 1. The second-order valence-corrected chi connectivity index (χ2v) is 7.79. The quantitative estimate of drug-likeness (QED) is 0.509. The van der Waals surface area contributed by atoms with Crippen LogP contribution in [0.1, 0.15) is 5.76 Å². The van der Waals surface area contributed by atoms with Crippen LogP contribution in [0.2, 0.25) is 0 Å². The number of nitrogens with zero attached hydrogens (tertiary/aromatic N) is 3. The van der Waals surface area contributed by atoms with Gasteiger partial charge >= 0.3 is 0 Å². The number of sulfonamides is 1. The van der Waals surface area contributed by atoms with Gasteiger partial charge in [-0.25, -0.2) is 13.4 Å². The van der Waals surface area contributed by atoms with Crippen molar-refractivity contribution in [1.29, 1.82) is 0 Å². The van der Waals surface area contributed by atoms with E-state index < -0.39 is 10.0 Å². The fraction of sp³-hybridized carbons (Fsp3) is 0.250. The summed E-state index contributed by atoms with van der Waals surface area (Å²) in [4.78, 5) is 8.11. The van der Waals surface area contributed by atoms with Gasteiger partial charge in [-0.1, -0.05) is 11.8 Å². The first-order chi connectivity index (χ1) is 11.3. The molecule has 0 bridgehead atoms. The molecular weight excluding hydrogens is 372 g/mol. The molecule has 0 spiro atoms. The van der Waals surface area contributed by atoms with Crippen LogP contribution >= 0.6 is 23.1 Å². The fourth-order valence-electron chi connectivity index (χ4n) is 1.60. The predicted octanol–water partition coefficient (Wildman–Crippen LogP) is 1.08. The third-order valence-electron chi connectivity index (χ3n) is 2.49. The zero-order chi connectivity index (χ0) is 17.7. The number of thiazole rings is 1. The summed E-state index contributed by atoms with van der Waals surface area (Å²) in [7, 11) is -3.45. The SMILES string of the molecule is CSC(=NS(C)(=O)=O)NCc1ccc(-c2csc(N=C(N)N)n2)o1. The summed E-state index contributed by atoms with van der Waals surface area (Å²) in [5, 5.41) is 5.41. The van der Waals surface area contributed by atoms with Gasteiger partial charge in [-0.3, -0.25) is 0 Å². The first-order valence-corrected chi connectivity index (χ1v) is 10.4. The molecule has 0 amide bonds. The summed E-state index contributed by atoms with van der Waals surface area (Å²) in [6.45, 7) is 0.292. The number of nitrogens with two attached hydrogens (primary N) is 2. The summed E-state index contributed by atoms with van der Waals surface area (Å²) < 4.78 is 31.6. The Labute approximate surface area is 147 Å². The molecule has 0 unspecified atom stereocenters. The molecular formula is C12H16N6O3S3. The maximum atomic E-state index is 11.2. The van der Waals surface area contributed by atoms with Gasteiger partial charge in [0.1, 0.15) is 11.5 Å². The number of rotatable bonds is 5. The highest BCUT2D eigenvalue weighted by Crippen LogP contribution is 2.28. The standard InChI is InChI=1S/C12H16N6O3S3/c1-22-11(18-24(2,19)20)15-5-7-3-4-9(21-7)8-6-23-12(16-8)17-10(13)14/h3-4,6H,5H2,1-2H3,(H,15,18)(H4,13,14,16,17). The topological polar surface area (TPSA) is 149 Å². The lowest BCUT2D eigenvalue weighted by Gasteiger charge is -2.04. The van der Waals surface area contributed by atoms with Crippen molar-refractivity contribution in [2.75, 3.05) is 12.5 Å². The Bertz CT molecular complexity index is 864. The molecule has 0 aromatic carbocycles. The van der Waals surface area contributed by atoms with Crippen LogP contribution in [0.5, 0.6) is 0 Å². The van der Waals surface area contributed by atoms with Gasteiger partial charge in [-0.15, -0.1) is 15.7 Å². The van der Waals surface area contributed by atoms with Gasteiger partial charge < -0.3 is 21.2 Å². The maximum Gasteiger partial charge on any atom is 0.252 e. The summed E-state index contributed by atoms with van der Waals surface area (Å²) in [5.41, 5.74) is 11.2. The summed E-state index contributed by atoms with van der Waals surface area (Å²) in [5.74, 6) is 1.11. The predicted molar refractivity (Wildman–Crippen MR) is 97.9 cm³/mol. The Morgan fingerprint density at radius 3 is 2.83 bits per heavy atom. The lowest BCUT2D eigenvalue weighted by atomic mass is 10.3. The first kappa shape index (κ1) is 18.3. The van der Waals surface area contributed by atoms with Crippen molar-refractivity contribution in [3.05, 3.63) is 23.3 Å². The molecule has 0 saturated carbocycles. The average Bonchev–Trinajstić information content (AvgIpc) is 3.10. The van der Waals surface area contributed by atoms with Crippen molar-refractivity contribution in [1.82, 2.24) is 10.3 Å². The van der Waals surface area contributed by atoms with Crippen LogP contribution in [0.15, 0.2) is 31.3 Å². The van der Waals surface area contributed by atoms with Crippen molar-refractivity contribution < 1.29 is 12.8 Å². The molecule has 0 aliphatic rings. The molecule has 0 radical (unpaired) electrons. The van der Waals surface area contributed by atoms with Crippen LogP contribution in [0.3, 0.4) is 0 Å². The number of hydrogen-bond acceptors (Lipinski definition) is 7. The van der Waals surface area contributed by atoms with E-state index in [1.54, 1.807) is 23.8 Å². The molecule has 0 fully saturated rings. The highest BCUT2D eigenvalue weighted by molar-refractivity contribution is 8.13. The van der Waals surface area contributed by atoms with Crippen molar-refractivity contribution in [3.63, 3.8) is 0 Å². The van der Waals surface area contributed by atoms with E-state index in [1.807, 2.05) is 0 Å². The van der Waals surface area contributed by atoms with Gasteiger partial charge in [0.15, 0.2) is 16.9 Å². The van der Waals surface area contributed by atoms with Crippen molar-refractivity contribution in [3.8, 4) is 11.5 Å². The van der Waals surface area contributed by atoms with Gasteiger partial charge in [0.05, 0.1) is 12.8 Å². The van der Waals surface area contributed by atoms with E-state index in [9.17, 15) is 8.42 Å². The van der Waals surface area contributed by atoms with Crippen LogP contribution in [0.25, 0.3) is 11.5 Å². The van der Waals surface area contributed by atoms with Gasteiger partial charge in [0.25, 0.3) is 10.0 Å². The third kappa shape index (κ3) is 5.54. The third-order valence-corrected chi connectivity index (χ3v) is 4.47. The van der Waals surface area contributed by atoms with Gasteiger partial charge in [0, 0.05) is 5.38 Å². The van der Waals surface area contributed by atoms with Crippen molar-refractivity contribution in [2.45, 2.75) is 6.54 Å². The maximum absolute atomic E-state index is 11.2. The van der Waals surface area contributed by atoms with Crippen LogP contribution < -0.4 is 16.8 Å². The summed E-state index contributed by atoms with van der Waals surface area (Å²) in [6.07, 6.45) is 2.76. The number of nitrogens with one attached hydrogen (secondary N) is 1. The van der Waals surface area contributed by atoms with E-state index in [2.05, 4.69) is 19.7 Å². The second-order valence-electron chi connectivity index (χ2n) is 4.51. The molecule has 12 heteroatoms. The molecule has 2 aromatic rings. The van der Waals surface area contributed by atoms with Gasteiger partial charge in [-0.05, 0) is 18.4 Å². The largest absolute Gasteiger partial charge is 0.458 e. The number of aromatic nitrogens is 1. The molecule has 0 saturated heterocycles. The summed E-state index contributed by atoms with van der Waals surface area (Å²) in [6, 6.07) is 3.53. The number of amidine groups is 1. The number of hydrogen-bond donors (Lipinski definition) is 3. The van der Waals surface area contributed by atoms with E-state index in [-0.39, 0.29) is 5.96 Å². The Balaban J connectivity index is 2.07. The zero-order valence-electron chi connectivity index (χ0n) is 12.9. The fourth-order valence-corrected chi connectivity index (χ4v) is 3.59. The Hall–Kier alpha value is -2.05. The number of aliphatic imine (C=N–C) groups is 1. The number of thioether (sulfide) groups is 1. The molecule has 5 N–H and O–H groups in total. The van der Waals surface area contributed by atoms with Gasteiger partial charge in [-0.2, -0.15) is 4.99 Å². The van der Waals surface area contributed by atoms with E-state index in [4.69, 9.17) is 15.9 Å². The minimum Gasteiger partial charge on any atom is -0.458 e. The smallest absolute Gasteiger partial charge is 0.252 e. The monoisotopic (exact) mass is 388 g/mol. The van der Waals surface area contributed by atoms with Crippen molar-refractivity contribution in [2.24, 2.45) is 20.9 Å². The molecule has 24 heavy (non-hydrogen) atoms. The zero-order valence-corrected chi connectivity index (χ0v) is 15.3. The minimum absolute atomic E-state index is 0.0602. The lowest BCUT2D eigenvalue weighted by Crippen LogP contribution is -2.21. The molecule has 2 rings (SSSR count). The van der Waals surface area contributed by atoms with Crippen LogP contribution in [-0.2, 0) is 16.6 Å². The van der Waals surface area contributed by atoms with Gasteiger partial charge in [0.2, 0.25) is 5.13 Å². The van der Waals surface area contributed by atoms with Crippen LogP contribution in [-0.4, -0.2) is 37.0 Å². The minimum atomic E-state index is -3.45. The molecule has 130 valence electrons. The molecule has 0 aliphatic carbocycles. The highest BCUT2D eigenvalue weighted by atomic mass is 32.2. The molecule has 2 aromatic heterocycles. The van der Waals surface area contributed by atoms with E-state index in [0.29, 0.717) is 34.1 Å². The highest BCUT2D eigenvalue weighted by Gasteiger charge is 2.10. The van der Waals surface area contributed by atoms with E-state index >= 15 is 0 Å². The average molecular weight is 389 g/mol. The van der Waals surface area contributed by atoms with Crippen LogP contribution in [0.4, 0.5) is 5.13 Å². The van der Waals surface area contributed by atoms with E-state index in [0.717, 1.165) is 6.26 Å². The molecule has 0 atom stereocenters. The second kappa shape index (κ2) is 7.68. The lowest BCUT2D eigenvalue weighted by molar-refractivity contribution is 0.515. The van der Waals surface area contributed by atoms with Crippen molar-refractivity contribution >= 4 is 49.4 Å². The van der Waals surface area contributed by atoms with E-state index in [1.165, 1.54) is 23.1 Å². The Kier molecular flexibility index (Phi) is 5.85.